The van der Waals surface area contributed by atoms with Gasteiger partial charge in [0.15, 0.2) is 0 Å². The van der Waals surface area contributed by atoms with E-state index in [9.17, 15) is 9.90 Å². The van der Waals surface area contributed by atoms with Gasteiger partial charge in [-0.2, -0.15) is 5.10 Å². The van der Waals surface area contributed by atoms with Crippen molar-refractivity contribution in [2.75, 3.05) is 14.2 Å². The Bertz CT molecular complexity index is 649. The Balaban J connectivity index is 2.51. The van der Waals surface area contributed by atoms with Gasteiger partial charge in [0.2, 0.25) is 0 Å². The SMILES string of the molecule is CCCn1nc(-c2ccc(OC)cc2OC)cc1C(=O)O. The average Bonchev–Trinajstić information content (AvgIpc) is 2.91. The fourth-order valence-corrected chi connectivity index (χ4v) is 2.11. The number of ether oxygens (including phenoxy) is 2. The second-order valence-electron chi connectivity index (χ2n) is 4.51. The molecule has 0 bridgehead atoms. The third-order valence-electron chi connectivity index (χ3n) is 3.12. The molecule has 0 unspecified atom stereocenters. The van der Waals surface area contributed by atoms with Crippen LogP contribution in [0.3, 0.4) is 0 Å². The molecular weight excluding hydrogens is 272 g/mol. The van der Waals surface area contributed by atoms with Gasteiger partial charge in [-0.3, -0.25) is 4.68 Å². The third-order valence-corrected chi connectivity index (χ3v) is 3.12. The van der Waals surface area contributed by atoms with Crippen LogP contribution in [0.4, 0.5) is 0 Å². The molecule has 0 amide bonds. The summed E-state index contributed by atoms with van der Waals surface area (Å²) in [5.41, 5.74) is 1.47. The molecule has 1 aromatic carbocycles. The van der Waals surface area contributed by atoms with E-state index in [1.807, 2.05) is 13.0 Å². The van der Waals surface area contributed by atoms with Crippen molar-refractivity contribution in [1.29, 1.82) is 0 Å². The second kappa shape index (κ2) is 6.30. The lowest BCUT2D eigenvalue weighted by atomic mass is 10.1. The maximum Gasteiger partial charge on any atom is 0.354 e. The Morgan fingerprint density at radius 1 is 1.29 bits per heavy atom. The first-order valence-electron chi connectivity index (χ1n) is 6.64. The lowest BCUT2D eigenvalue weighted by Gasteiger charge is -2.08. The molecule has 1 N–H and O–H groups in total. The molecule has 2 rings (SSSR count). The number of aryl methyl sites for hydroxylation is 1. The van der Waals surface area contributed by atoms with Crippen LogP contribution in [0.5, 0.6) is 11.5 Å². The van der Waals surface area contributed by atoms with Gasteiger partial charge in [-0.05, 0) is 24.6 Å². The molecule has 2 aromatic rings. The molecular formula is C15H18N2O4. The lowest BCUT2D eigenvalue weighted by Crippen LogP contribution is -2.09. The summed E-state index contributed by atoms with van der Waals surface area (Å²) >= 11 is 0. The molecule has 0 fully saturated rings. The van der Waals surface area contributed by atoms with Gasteiger partial charge >= 0.3 is 5.97 Å². The smallest absolute Gasteiger partial charge is 0.354 e. The number of aromatic carboxylic acids is 1. The lowest BCUT2D eigenvalue weighted by molar-refractivity contribution is 0.0683. The molecule has 21 heavy (non-hydrogen) atoms. The Morgan fingerprint density at radius 3 is 2.62 bits per heavy atom. The van der Waals surface area contributed by atoms with Crippen LogP contribution in [-0.2, 0) is 6.54 Å². The molecule has 0 radical (unpaired) electrons. The van der Waals surface area contributed by atoms with Crippen molar-refractivity contribution < 1.29 is 19.4 Å². The second-order valence-corrected chi connectivity index (χ2v) is 4.51. The summed E-state index contributed by atoms with van der Waals surface area (Å²) in [5.74, 6) is 0.268. The molecule has 1 heterocycles. The predicted octanol–water partition coefficient (Wildman–Crippen LogP) is 2.68. The van der Waals surface area contributed by atoms with Crippen LogP contribution < -0.4 is 9.47 Å². The van der Waals surface area contributed by atoms with Crippen molar-refractivity contribution in [3.8, 4) is 22.8 Å². The van der Waals surface area contributed by atoms with Crippen molar-refractivity contribution in [2.24, 2.45) is 0 Å². The van der Waals surface area contributed by atoms with Crippen LogP contribution in [0.2, 0.25) is 0 Å². The first-order valence-corrected chi connectivity index (χ1v) is 6.64. The van der Waals surface area contributed by atoms with Crippen molar-refractivity contribution >= 4 is 5.97 Å². The van der Waals surface area contributed by atoms with E-state index in [0.717, 1.165) is 12.0 Å². The van der Waals surface area contributed by atoms with E-state index in [1.165, 1.54) is 4.68 Å². The molecule has 0 aliphatic rings. The molecule has 0 aliphatic carbocycles. The van der Waals surface area contributed by atoms with Crippen LogP contribution in [0.25, 0.3) is 11.3 Å². The molecule has 0 spiro atoms. The van der Waals surface area contributed by atoms with Gasteiger partial charge in [0.25, 0.3) is 0 Å². The van der Waals surface area contributed by atoms with Crippen LogP contribution in [0.15, 0.2) is 24.3 Å². The minimum Gasteiger partial charge on any atom is -0.497 e. The highest BCUT2D eigenvalue weighted by molar-refractivity contribution is 5.87. The van der Waals surface area contributed by atoms with E-state index in [2.05, 4.69) is 5.10 Å². The highest BCUT2D eigenvalue weighted by Gasteiger charge is 2.17. The van der Waals surface area contributed by atoms with Gasteiger partial charge < -0.3 is 14.6 Å². The molecule has 6 heteroatoms. The van der Waals surface area contributed by atoms with Crippen LogP contribution in [0.1, 0.15) is 23.8 Å². The molecule has 0 saturated heterocycles. The Labute approximate surface area is 122 Å². The van der Waals surface area contributed by atoms with Gasteiger partial charge in [-0.15, -0.1) is 0 Å². The number of carboxylic acids is 1. The van der Waals surface area contributed by atoms with E-state index in [1.54, 1.807) is 32.4 Å². The van der Waals surface area contributed by atoms with Crippen LogP contribution in [0, 0.1) is 0 Å². The number of benzene rings is 1. The summed E-state index contributed by atoms with van der Waals surface area (Å²) in [5, 5.41) is 13.6. The third kappa shape index (κ3) is 2.99. The Kier molecular flexibility index (Phi) is 4.47. The highest BCUT2D eigenvalue weighted by atomic mass is 16.5. The summed E-state index contributed by atoms with van der Waals surface area (Å²) in [6.45, 7) is 2.53. The van der Waals surface area contributed by atoms with Gasteiger partial charge in [0.1, 0.15) is 17.2 Å². The van der Waals surface area contributed by atoms with E-state index < -0.39 is 5.97 Å². The zero-order valence-electron chi connectivity index (χ0n) is 12.3. The van der Waals surface area contributed by atoms with E-state index in [0.29, 0.717) is 23.7 Å². The molecule has 6 nitrogen and oxygen atoms in total. The normalized spacial score (nSPS) is 10.4. The number of carboxylic acid groups (broad SMARTS) is 1. The largest absolute Gasteiger partial charge is 0.497 e. The fourth-order valence-electron chi connectivity index (χ4n) is 2.11. The topological polar surface area (TPSA) is 73.6 Å². The minimum atomic E-state index is -0.991. The fraction of sp³-hybridized carbons (Fsp3) is 0.333. The number of hydrogen-bond donors (Lipinski definition) is 1. The van der Waals surface area contributed by atoms with Gasteiger partial charge in [-0.25, -0.2) is 4.79 Å². The number of hydrogen-bond acceptors (Lipinski definition) is 4. The summed E-state index contributed by atoms with van der Waals surface area (Å²) in [4.78, 5) is 11.3. The Hall–Kier alpha value is -2.50. The van der Waals surface area contributed by atoms with Crippen LogP contribution >= 0.6 is 0 Å². The quantitative estimate of drug-likeness (QED) is 0.885. The first-order chi connectivity index (χ1) is 10.1. The number of aromatic nitrogens is 2. The summed E-state index contributed by atoms with van der Waals surface area (Å²) < 4.78 is 12.0. The van der Waals surface area contributed by atoms with Gasteiger partial charge in [0.05, 0.1) is 19.9 Å². The standard InChI is InChI=1S/C15H18N2O4/c1-4-7-17-13(15(18)19)9-12(16-17)11-6-5-10(20-2)8-14(11)21-3/h5-6,8-9H,4,7H2,1-3H3,(H,18,19). The minimum absolute atomic E-state index is 0.171. The number of nitrogens with zero attached hydrogens (tertiary/aromatic N) is 2. The number of methoxy groups -OCH3 is 2. The predicted molar refractivity (Wildman–Crippen MR) is 78.0 cm³/mol. The zero-order chi connectivity index (χ0) is 15.4. The van der Waals surface area contributed by atoms with Crippen molar-refractivity contribution in [1.82, 2.24) is 9.78 Å². The van der Waals surface area contributed by atoms with Crippen molar-refractivity contribution in [3.05, 3.63) is 30.0 Å². The number of carbonyl (C=O) groups is 1. The number of rotatable bonds is 6. The summed E-state index contributed by atoms with van der Waals surface area (Å²) in [6.07, 6.45) is 0.807. The maximum atomic E-state index is 11.3. The van der Waals surface area contributed by atoms with E-state index in [4.69, 9.17) is 9.47 Å². The molecule has 0 aliphatic heterocycles. The maximum absolute atomic E-state index is 11.3. The molecule has 1 aromatic heterocycles. The van der Waals surface area contributed by atoms with Crippen molar-refractivity contribution in [3.63, 3.8) is 0 Å². The van der Waals surface area contributed by atoms with Crippen LogP contribution in [-0.4, -0.2) is 35.1 Å². The molecule has 0 atom stereocenters. The molecule has 112 valence electrons. The Morgan fingerprint density at radius 2 is 2.05 bits per heavy atom. The monoisotopic (exact) mass is 290 g/mol. The van der Waals surface area contributed by atoms with Crippen molar-refractivity contribution in [2.45, 2.75) is 19.9 Å². The summed E-state index contributed by atoms with van der Waals surface area (Å²) in [7, 11) is 3.13. The van der Waals surface area contributed by atoms with Gasteiger partial charge in [-0.1, -0.05) is 6.92 Å². The molecule has 0 saturated carbocycles. The van der Waals surface area contributed by atoms with E-state index >= 15 is 0 Å². The van der Waals surface area contributed by atoms with E-state index in [-0.39, 0.29) is 5.69 Å². The van der Waals surface area contributed by atoms with Gasteiger partial charge in [0, 0.05) is 18.2 Å². The first kappa shape index (κ1) is 14.9. The highest BCUT2D eigenvalue weighted by Crippen LogP contribution is 2.32. The average molecular weight is 290 g/mol. The zero-order valence-corrected chi connectivity index (χ0v) is 12.3. The summed E-state index contributed by atoms with van der Waals surface area (Å²) in [6, 6.07) is 6.90.